The number of sulfonamides is 1. The summed E-state index contributed by atoms with van der Waals surface area (Å²) >= 11 is 5.87. The van der Waals surface area contributed by atoms with E-state index in [-0.39, 0.29) is 10.8 Å². The normalized spacial score (nSPS) is 19.7. The van der Waals surface area contributed by atoms with Crippen LogP contribution in [0.1, 0.15) is 33.6 Å². The molecule has 2 unspecified atom stereocenters. The van der Waals surface area contributed by atoms with E-state index >= 15 is 0 Å². The molecule has 1 aliphatic heterocycles. The molecule has 0 spiro atoms. The topological polar surface area (TPSA) is 75.8 Å². The molecule has 7 heteroatoms. The summed E-state index contributed by atoms with van der Waals surface area (Å²) in [6.07, 6.45) is 1.86. The third-order valence-corrected chi connectivity index (χ3v) is 5.36. The van der Waals surface area contributed by atoms with E-state index < -0.39 is 10.0 Å². The number of anilines is 1. The molecule has 0 bridgehead atoms. The van der Waals surface area contributed by atoms with Gasteiger partial charge in [-0.15, -0.1) is 4.40 Å². The number of amidine groups is 1. The maximum Gasteiger partial charge on any atom is 0.286 e. The van der Waals surface area contributed by atoms with Crippen molar-refractivity contribution in [1.29, 1.82) is 0 Å². The van der Waals surface area contributed by atoms with Gasteiger partial charge in [0.15, 0.2) is 0 Å². The largest absolute Gasteiger partial charge is 0.286 e. The third-order valence-electron chi connectivity index (χ3n) is 3.81. The quantitative estimate of drug-likeness (QED) is 0.861. The van der Waals surface area contributed by atoms with Crippen molar-refractivity contribution in [3.05, 3.63) is 23.2 Å². The maximum atomic E-state index is 12.3. The first kappa shape index (κ1) is 16.3. The highest BCUT2D eigenvalue weighted by atomic mass is 35.5. The number of rotatable bonds is 4. The van der Waals surface area contributed by atoms with Gasteiger partial charge in [-0.3, -0.25) is 5.01 Å². The van der Waals surface area contributed by atoms with Crippen molar-refractivity contribution in [2.24, 2.45) is 22.1 Å². The van der Waals surface area contributed by atoms with Crippen LogP contribution in [0.4, 0.5) is 5.69 Å². The molecule has 5 nitrogen and oxygen atoms in total. The second-order valence-electron chi connectivity index (χ2n) is 5.56. The Labute approximate surface area is 130 Å². The van der Waals surface area contributed by atoms with Crippen LogP contribution in [0.5, 0.6) is 0 Å². The summed E-state index contributed by atoms with van der Waals surface area (Å²) in [4.78, 5) is 0.0528. The van der Waals surface area contributed by atoms with Crippen molar-refractivity contribution in [3.63, 3.8) is 0 Å². The Kier molecular flexibility index (Phi) is 4.60. The summed E-state index contributed by atoms with van der Waals surface area (Å²) in [7, 11) is -3.75. The molecule has 116 valence electrons. The van der Waals surface area contributed by atoms with Gasteiger partial charge < -0.3 is 0 Å². The van der Waals surface area contributed by atoms with Crippen LogP contribution in [0.3, 0.4) is 0 Å². The fourth-order valence-corrected chi connectivity index (χ4v) is 3.99. The molecule has 2 N–H and O–H groups in total. The highest BCUT2D eigenvalue weighted by Crippen LogP contribution is 2.34. The minimum Gasteiger partial charge on any atom is -0.264 e. The summed E-state index contributed by atoms with van der Waals surface area (Å²) in [6, 6.07) is 4.61. The Morgan fingerprint density at radius 1 is 1.38 bits per heavy atom. The average molecular weight is 330 g/mol. The fraction of sp³-hybridized carbons (Fsp3) is 0.500. The zero-order chi connectivity index (χ0) is 15.8. The van der Waals surface area contributed by atoms with Gasteiger partial charge in [0, 0.05) is 10.9 Å². The molecule has 1 aliphatic rings. The molecule has 0 saturated carbocycles. The first-order valence-corrected chi connectivity index (χ1v) is 8.77. The van der Waals surface area contributed by atoms with Crippen molar-refractivity contribution in [2.75, 3.05) is 5.01 Å². The van der Waals surface area contributed by atoms with Crippen molar-refractivity contribution < 1.29 is 8.42 Å². The van der Waals surface area contributed by atoms with Gasteiger partial charge >= 0.3 is 0 Å². The second kappa shape index (κ2) is 5.94. The minimum atomic E-state index is -3.75. The molecule has 0 aliphatic carbocycles. The fourth-order valence-electron chi connectivity index (χ4n) is 2.44. The van der Waals surface area contributed by atoms with E-state index in [0.717, 1.165) is 12.8 Å². The van der Waals surface area contributed by atoms with Crippen LogP contribution in [0.2, 0.25) is 5.02 Å². The van der Waals surface area contributed by atoms with Gasteiger partial charge in [-0.1, -0.05) is 38.8 Å². The number of halogens is 1. The molecule has 21 heavy (non-hydrogen) atoms. The van der Waals surface area contributed by atoms with Gasteiger partial charge in [0.25, 0.3) is 10.0 Å². The lowest BCUT2D eigenvalue weighted by atomic mass is 9.94. The molecule has 0 fully saturated rings. The van der Waals surface area contributed by atoms with Gasteiger partial charge in [0.2, 0.25) is 0 Å². The van der Waals surface area contributed by atoms with Gasteiger partial charge in [-0.2, -0.15) is 8.42 Å². The third kappa shape index (κ3) is 3.22. The van der Waals surface area contributed by atoms with Gasteiger partial charge in [-0.25, -0.2) is 5.84 Å². The maximum absolute atomic E-state index is 12.3. The second-order valence-corrected chi connectivity index (χ2v) is 7.57. The molecule has 2 atom stereocenters. The molecule has 0 radical (unpaired) electrons. The number of hydrogen-bond donors (Lipinski definition) is 1. The van der Waals surface area contributed by atoms with Crippen molar-refractivity contribution in [3.8, 4) is 0 Å². The molecule has 1 aromatic rings. The summed E-state index contributed by atoms with van der Waals surface area (Å²) in [5.41, 5.74) is 0.417. The number of nitrogens with zero attached hydrogens (tertiary/aromatic N) is 2. The number of hydrogen-bond acceptors (Lipinski definition) is 4. The number of hydrazine groups is 1. The van der Waals surface area contributed by atoms with Crippen LogP contribution < -0.4 is 10.9 Å². The molecule has 0 aromatic heterocycles. The van der Waals surface area contributed by atoms with Gasteiger partial charge in [-0.05, 0) is 30.5 Å². The standard InChI is InChI=1S/C14H20ClN3O2S/c1-4-9(2)7-10(3)14-17-21(19,20)13-8-11(15)5-6-12(13)18(14)16/h5-6,8-10H,4,7,16H2,1-3H3. The summed E-state index contributed by atoms with van der Waals surface area (Å²) < 4.78 is 28.5. The van der Waals surface area contributed by atoms with E-state index in [0.29, 0.717) is 22.5 Å². The predicted octanol–water partition coefficient (Wildman–Crippen LogP) is 3.19. The molecule has 0 amide bonds. The Bertz CT molecular complexity index is 673. The zero-order valence-corrected chi connectivity index (χ0v) is 13.9. The molecule has 2 rings (SSSR count). The first-order chi connectivity index (χ1) is 9.76. The Morgan fingerprint density at radius 3 is 2.67 bits per heavy atom. The SMILES string of the molecule is CCC(C)CC(C)C1=NS(=O)(=O)c2cc(Cl)ccc2N1N. The number of nitrogens with two attached hydrogens (primary N) is 1. The van der Waals surface area contributed by atoms with Crippen LogP contribution in [0.15, 0.2) is 27.5 Å². The molecular formula is C14H20ClN3O2S. The highest BCUT2D eigenvalue weighted by Gasteiger charge is 2.32. The van der Waals surface area contributed by atoms with Crippen LogP contribution in [-0.4, -0.2) is 14.3 Å². The summed E-state index contributed by atoms with van der Waals surface area (Å²) in [6.45, 7) is 6.18. The predicted molar refractivity (Wildman–Crippen MR) is 86.0 cm³/mol. The highest BCUT2D eigenvalue weighted by molar-refractivity contribution is 7.90. The smallest absolute Gasteiger partial charge is 0.264 e. The molecule has 1 heterocycles. The monoisotopic (exact) mass is 329 g/mol. The van der Waals surface area contributed by atoms with E-state index in [1.54, 1.807) is 12.1 Å². The average Bonchev–Trinajstić information content (AvgIpc) is 2.42. The Morgan fingerprint density at radius 2 is 2.05 bits per heavy atom. The Balaban J connectivity index is 2.44. The lowest BCUT2D eigenvalue weighted by molar-refractivity contribution is 0.465. The molecule has 1 aromatic carbocycles. The van der Waals surface area contributed by atoms with Gasteiger partial charge in [0.1, 0.15) is 10.7 Å². The van der Waals surface area contributed by atoms with E-state index in [2.05, 4.69) is 18.2 Å². The van der Waals surface area contributed by atoms with Crippen LogP contribution in [0, 0.1) is 11.8 Å². The van der Waals surface area contributed by atoms with Crippen LogP contribution in [0.25, 0.3) is 0 Å². The lowest BCUT2D eigenvalue weighted by Crippen LogP contribution is -2.44. The first-order valence-electron chi connectivity index (χ1n) is 6.95. The minimum absolute atomic E-state index is 0.0384. The van der Waals surface area contributed by atoms with Crippen LogP contribution in [-0.2, 0) is 10.0 Å². The van der Waals surface area contributed by atoms with E-state index in [4.69, 9.17) is 17.4 Å². The van der Waals surface area contributed by atoms with E-state index in [1.807, 2.05) is 6.92 Å². The van der Waals surface area contributed by atoms with Crippen molar-refractivity contribution in [2.45, 2.75) is 38.5 Å². The van der Waals surface area contributed by atoms with Crippen LogP contribution >= 0.6 is 11.6 Å². The summed E-state index contributed by atoms with van der Waals surface area (Å²) in [5, 5.41) is 1.71. The van der Waals surface area contributed by atoms with Crippen molar-refractivity contribution >= 4 is 33.1 Å². The Hall–Kier alpha value is -1.11. The van der Waals surface area contributed by atoms with Gasteiger partial charge in [0.05, 0.1) is 5.69 Å². The number of fused-ring (bicyclic) bond motifs is 1. The number of benzene rings is 1. The van der Waals surface area contributed by atoms with E-state index in [9.17, 15) is 8.42 Å². The van der Waals surface area contributed by atoms with Crippen molar-refractivity contribution in [1.82, 2.24) is 0 Å². The molecular weight excluding hydrogens is 310 g/mol. The zero-order valence-electron chi connectivity index (χ0n) is 12.4. The summed E-state index contributed by atoms with van der Waals surface area (Å²) in [5.74, 6) is 6.89. The lowest BCUT2D eigenvalue weighted by Gasteiger charge is -2.30. The van der Waals surface area contributed by atoms with E-state index in [1.165, 1.54) is 11.1 Å². The molecule has 0 saturated heterocycles.